The summed E-state index contributed by atoms with van der Waals surface area (Å²) in [5.74, 6) is 1.33. The Bertz CT molecular complexity index is 1030. The van der Waals surface area contributed by atoms with Crippen molar-refractivity contribution in [3.63, 3.8) is 0 Å². The molecule has 0 bridgehead atoms. The molecule has 30 heavy (non-hydrogen) atoms. The Hall–Kier alpha value is -2.34. The van der Waals surface area contributed by atoms with Gasteiger partial charge in [-0.05, 0) is 61.6 Å². The molecule has 1 fully saturated rings. The van der Waals surface area contributed by atoms with Gasteiger partial charge in [-0.1, -0.05) is 23.7 Å². The molecule has 0 radical (unpaired) electrons. The average molecular weight is 427 g/mol. The van der Waals surface area contributed by atoms with Crippen LogP contribution in [0.4, 0.5) is 0 Å². The van der Waals surface area contributed by atoms with Crippen LogP contribution in [0, 0.1) is 0 Å². The third-order valence-electron chi connectivity index (χ3n) is 5.79. The highest BCUT2D eigenvalue weighted by Gasteiger charge is 2.21. The van der Waals surface area contributed by atoms with Crippen LogP contribution in [-0.4, -0.2) is 36.5 Å². The summed E-state index contributed by atoms with van der Waals surface area (Å²) < 4.78 is 11.2. The standard InChI is InChI=1S/C24H27ClN2O3/c1-29-22-5-3-4-20(24(22)30-2)23-16(14-26-18-8-10-19(28)11-9-18)12-15-6-7-17(25)13-21(15)27-23/h3-7,12-13,18-19,26,28H,8-11,14H2,1-2H3. The first-order chi connectivity index (χ1) is 14.6. The van der Waals surface area contributed by atoms with Crippen molar-refractivity contribution >= 4 is 22.5 Å². The van der Waals surface area contributed by atoms with Crippen LogP contribution in [0.2, 0.25) is 5.02 Å². The summed E-state index contributed by atoms with van der Waals surface area (Å²) in [6.07, 6.45) is 3.50. The molecule has 0 atom stereocenters. The third-order valence-corrected chi connectivity index (χ3v) is 6.03. The SMILES string of the molecule is COc1cccc(-c2nc3cc(Cl)ccc3cc2CNC2CCC(O)CC2)c1OC. The first kappa shape index (κ1) is 20.9. The Morgan fingerprint density at radius 2 is 1.87 bits per heavy atom. The van der Waals surface area contributed by atoms with E-state index in [4.69, 9.17) is 26.1 Å². The number of pyridine rings is 1. The molecule has 1 aromatic heterocycles. The Morgan fingerprint density at radius 1 is 1.07 bits per heavy atom. The molecular formula is C24H27ClN2O3. The number of aliphatic hydroxyl groups excluding tert-OH is 1. The van der Waals surface area contributed by atoms with Crippen LogP contribution in [0.5, 0.6) is 11.5 Å². The topological polar surface area (TPSA) is 63.6 Å². The Balaban J connectivity index is 1.76. The molecular weight excluding hydrogens is 400 g/mol. The number of nitrogens with zero attached hydrogens (tertiary/aromatic N) is 1. The van der Waals surface area contributed by atoms with Gasteiger partial charge in [-0.15, -0.1) is 0 Å². The third kappa shape index (κ3) is 4.38. The molecule has 0 unspecified atom stereocenters. The number of hydrogen-bond acceptors (Lipinski definition) is 5. The molecule has 2 N–H and O–H groups in total. The van der Waals surface area contributed by atoms with Crippen LogP contribution < -0.4 is 14.8 Å². The molecule has 158 valence electrons. The van der Waals surface area contributed by atoms with Gasteiger partial charge in [0.15, 0.2) is 11.5 Å². The molecule has 2 aromatic carbocycles. The van der Waals surface area contributed by atoms with Crippen LogP contribution in [0.3, 0.4) is 0 Å². The minimum absolute atomic E-state index is 0.160. The molecule has 0 aliphatic heterocycles. The molecule has 0 spiro atoms. The molecule has 0 amide bonds. The van der Waals surface area contributed by atoms with Gasteiger partial charge in [0.25, 0.3) is 0 Å². The summed E-state index contributed by atoms with van der Waals surface area (Å²) in [7, 11) is 3.28. The molecule has 0 saturated heterocycles. The number of benzene rings is 2. The fourth-order valence-corrected chi connectivity index (χ4v) is 4.33. The number of nitrogens with one attached hydrogen (secondary N) is 1. The lowest BCUT2D eigenvalue weighted by molar-refractivity contribution is 0.116. The average Bonchev–Trinajstić information content (AvgIpc) is 2.77. The lowest BCUT2D eigenvalue weighted by Gasteiger charge is -2.26. The number of para-hydroxylation sites is 1. The van der Waals surface area contributed by atoms with E-state index in [0.717, 1.165) is 53.4 Å². The van der Waals surface area contributed by atoms with E-state index >= 15 is 0 Å². The number of rotatable bonds is 6. The van der Waals surface area contributed by atoms with Crippen LogP contribution >= 0.6 is 11.6 Å². The van der Waals surface area contributed by atoms with Gasteiger partial charge in [0.1, 0.15) is 0 Å². The highest BCUT2D eigenvalue weighted by atomic mass is 35.5. The van der Waals surface area contributed by atoms with E-state index in [1.54, 1.807) is 14.2 Å². The predicted molar refractivity (Wildman–Crippen MR) is 120 cm³/mol. The second-order valence-electron chi connectivity index (χ2n) is 7.76. The number of halogens is 1. The van der Waals surface area contributed by atoms with Crippen LogP contribution in [0.15, 0.2) is 42.5 Å². The molecule has 1 heterocycles. The summed E-state index contributed by atoms with van der Waals surface area (Å²) in [5, 5.41) is 15.1. The Morgan fingerprint density at radius 3 is 2.60 bits per heavy atom. The zero-order valence-electron chi connectivity index (χ0n) is 17.3. The second-order valence-corrected chi connectivity index (χ2v) is 8.20. The van der Waals surface area contributed by atoms with Crippen LogP contribution in [0.1, 0.15) is 31.2 Å². The Labute approximate surface area is 182 Å². The van der Waals surface area contributed by atoms with Crippen LogP contribution in [-0.2, 0) is 6.54 Å². The van der Waals surface area contributed by atoms with Gasteiger partial charge in [-0.2, -0.15) is 0 Å². The van der Waals surface area contributed by atoms with Gasteiger partial charge in [0.2, 0.25) is 0 Å². The van der Waals surface area contributed by atoms with Gasteiger partial charge in [0, 0.05) is 28.6 Å². The predicted octanol–water partition coefficient (Wildman–Crippen LogP) is 4.97. The minimum Gasteiger partial charge on any atom is -0.493 e. The zero-order chi connectivity index (χ0) is 21.1. The number of methoxy groups -OCH3 is 2. The maximum atomic E-state index is 9.78. The normalized spacial score (nSPS) is 19.1. The number of aromatic nitrogens is 1. The van der Waals surface area contributed by atoms with E-state index in [1.807, 2.05) is 36.4 Å². The van der Waals surface area contributed by atoms with Gasteiger partial charge < -0.3 is 19.9 Å². The summed E-state index contributed by atoms with van der Waals surface area (Å²) in [6.45, 7) is 0.683. The smallest absolute Gasteiger partial charge is 0.170 e. The van der Waals surface area contributed by atoms with E-state index in [-0.39, 0.29) is 6.10 Å². The maximum absolute atomic E-state index is 9.78. The largest absolute Gasteiger partial charge is 0.493 e. The number of hydrogen-bond donors (Lipinski definition) is 2. The molecule has 5 nitrogen and oxygen atoms in total. The van der Waals surface area contributed by atoms with Crippen molar-refractivity contribution in [3.8, 4) is 22.8 Å². The minimum atomic E-state index is -0.160. The van der Waals surface area contributed by atoms with E-state index in [9.17, 15) is 5.11 Å². The summed E-state index contributed by atoms with van der Waals surface area (Å²) in [4.78, 5) is 4.97. The molecule has 1 aliphatic carbocycles. The maximum Gasteiger partial charge on any atom is 0.170 e. The highest BCUT2D eigenvalue weighted by Crippen LogP contribution is 2.39. The summed E-state index contributed by atoms with van der Waals surface area (Å²) in [5.41, 5.74) is 3.66. The van der Waals surface area contributed by atoms with Crippen molar-refractivity contribution in [2.24, 2.45) is 0 Å². The van der Waals surface area contributed by atoms with E-state index in [2.05, 4.69) is 11.4 Å². The van der Waals surface area contributed by atoms with Crippen molar-refractivity contribution in [1.82, 2.24) is 10.3 Å². The van der Waals surface area contributed by atoms with E-state index in [0.29, 0.717) is 29.1 Å². The van der Waals surface area contributed by atoms with Gasteiger partial charge in [0.05, 0.1) is 31.5 Å². The van der Waals surface area contributed by atoms with E-state index in [1.165, 1.54) is 0 Å². The number of ether oxygens (including phenoxy) is 2. The van der Waals surface area contributed by atoms with Crippen molar-refractivity contribution in [3.05, 3.63) is 53.1 Å². The Kier molecular flexibility index (Phi) is 6.42. The summed E-state index contributed by atoms with van der Waals surface area (Å²) in [6, 6.07) is 14.2. The second kappa shape index (κ2) is 9.21. The first-order valence-corrected chi connectivity index (χ1v) is 10.7. The van der Waals surface area contributed by atoms with Crippen LogP contribution in [0.25, 0.3) is 22.2 Å². The lowest BCUT2D eigenvalue weighted by Crippen LogP contribution is -2.34. The molecule has 1 saturated carbocycles. The molecule has 4 rings (SSSR count). The van der Waals surface area contributed by atoms with Crippen molar-refractivity contribution < 1.29 is 14.6 Å². The monoisotopic (exact) mass is 426 g/mol. The fourth-order valence-electron chi connectivity index (χ4n) is 4.16. The molecule has 3 aromatic rings. The number of fused-ring (bicyclic) bond motifs is 1. The van der Waals surface area contributed by atoms with Crippen molar-refractivity contribution in [2.75, 3.05) is 14.2 Å². The van der Waals surface area contributed by atoms with E-state index < -0.39 is 0 Å². The fraction of sp³-hybridized carbons (Fsp3) is 0.375. The molecule has 6 heteroatoms. The van der Waals surface area contributed by atoms with Crippen molar-refractivity contribution in [1.29, 1.82) is 0 Å². The van der Waals surface area contributed by atoms with Crippen molar-refractivity contribution in [2.45, 2.75) is 44.4 Å². The highest BCUT2D eigenvalue weighted by molar-refractivity contribution is 6.31. The van der Waals surface area contributed by atoms with Gasteiger partial charge >= 0.3 is 0 Å². The quantitative estimate of drug-likeness (QED) is 0.583. The van der Waals surface area contributed by atoms with Gasteiger partial charge in [-0.25, -0.2) is 4.98 Å². The molecule has 1 aliphatic rings. The summed E-state index contributed by atoms with van der Waals surface area (Å²) >= 11 is 6.22. The van der Waals surface area contributed by atoms with Gasteiger partial charge in [-0.3, -0.25) is 0 Å². The first-order valence-electron chi connectivity index (χ1n) is 10.3. The zero-order valence-corrected chi connectivity index (χ0v) is 18.1. The number of aliphatic hydroxyl groups is 1. The lowest BCUT2D eigenvalue weighted by atomic mass is 9.93.